The first kappa shape index (κ1) is 24.5. The van der Waals surface area contributed by atoms with E-state index in [9.17, 15) is 13.6 Å². The Kier molecular flexibility index (Phi) is 10.2. The Morgan fingerprint density at radius 3 is 2.23 bits per heavy atom. The van der Waals surface area contributed by atoms with Gasteiger partial charge in [-0.15, -0.1) is 0 Å². The topological polar surface area (TPSA) is 44.8 Å². The van der Waals surface area contributed by atoms with Crippen LogP contribution in [0.5, 0.6) is 11.5 Å². The van der Waals surface area contributed by atoms with Crippen LogP contribution in [0.4, 0.5) is 8.78 Å². The molecular weight excluding hydrogens is 402 g/mol. The largest absolute Gasteiger partial charge is 0.487 e. The number of alkyl halides is 2. The first-order valence-electron chi connectivity index (χ1n) is 10.6. The summed E-state index contributed by atoms with van der Waals surface area (Å²) in [7, 11) is 0. The van der Waals surface area contributed by atoms with Crippen molar-refractivity contribution in [3.63, 3.8) is 0 Å². The molecule has 0 aliphatic rings. The van der Waals surface area contributed by atoms with Crippen molar-refractivity contribution in [3.8, 4) is 11.5 Å². The van der Waals surface area contributed by atoms with Gasteiger partial charge in [0.1, 0.15) is 17.6 Å². The third-order valence-electron chi connectivity index (χ3n) is 4.60. The number of halogens is 2. The van der Waals surface area contributed by atoms with Crippen molar-refractivity contribution >= 4 is 5.97 Å². The van der Waals surface area contributed by atoms with E-state index < -0.39 is 18.3 Å². The number of hydrogen-bond donors (Lipinski definition) is 0. The first-order chi connectivity index (χ1) is 14.9. The predicted octanol–water partition coefficient (Wildman–Crippen LogP) is 6.41. The van der Waals surface area contributed by atoms with Crippen molar-refractivity contribution in [1.29, 1.82) is 0 Å². The Labute approximate surface area is 182 Å². The average molecular weight is 433 g/mol. The Morgan fingerprint density at radius 1 is 1.00 bits per heavy atom. The van der Waals surface area contributed by atoms with E-state index in [1.165, 1.54) is 24.3 Å². The smallest absolute Gasteiger partial charge is 0.343 e. The molecule has 31 heavy (non-hydrogen) atoms. The van der Waals surface area contributed by atoms with Crippen molar-refractivity contribution in [2.24, 2.45) is 0 Å². The van der Waals surface area contributed by atoms with Crippen LogP contribution in [0, 0.1) is 0 Å². The summed E-state index contributed by atoms with van der Waals surface area (Å²) in [5.41, 5.74) is 0.805. The highest BCUT2D eigenvalue weighted by molar-refractivity contribution is 5.91. The monoisotopic (exact) mass is 432 g/mol. The number of carbonyl (C=O) groups is 1. The third-order valence-corrected chi connectivity index (χ3v) is 4.60. The van der Waals surface area contributed by atoms with Crippen LogP contribution >= 0.6 is 0 Å². The maximum absolute atomic E-state index is 13.3. The molecule has 0 amide bonds. The van der Waals surface area contributed by atoms with Crippen LogP contribution in [-0.4, -0.2) is 31.7 Å². The van der Waals surface area contributed by atoms with Crippen LogP contribution in [0.2, 0.25) is 0 Å². The van der Waals surface area contributed by atoms with Crippen molar-refractivity contribution < 1.29 is 27.8 Å². The highest BCUT2D eigenvalue weighted by atomic mass is 19.3. The van der Waals surface area contributed by atoms with Gasteiger partial charge in [0.25, 0.3) is 0 Å². The van der Waals surface area contributed by atoms with E-state index in [2.05, 4.69) is 13.0 Å². The molecule has 0 heterocycles. The molecule has 0 fully saturated rings. The zero-order valence-corrected chi connectivity index (χ0v) is 18.2. The van der Waals surface area contributed by atoms with Gasteiger partial charge < -0.3 is 14.2 Å². The number of carbonyl (C=O) groups excluding carboxylic acids is 1. The number of hydrogen-bond acceptors (Lipinski definition) is 4. The van der Waals surface area contributed by atoms with Crippen LogP contribution in [0.25, 0.3) is 0 Å². The summed E-state index contributed by atoms with van der Waals surface area (Å²) in [6.07, 6.45) is 3.58. The Hall–Kier alpha value is -2.73. The van der Waals surface area contributed by atoms with E-state index in [0.29, 0.717) is 23.5 Å². The molecule has 0 saturated carbocycles. The number of unbranched alkanes of at least 4 members (excludes halogenated alkanes) is 1. The van der Waals surface area contributed by atoms with Crippen LogP contribution in [0.15, 0.2) is 60.7 Å². The van der Waals surface area contributed by atoms with E-state index >= 15 is 0 Å². The van der Waals surface area contributed by atoms with Gasteiger partial charge in [-0.3, -0.25) is 0 Å². The first-order valence-corrected chi connectivity index (χ1v) is 10.6. The molecule has 4 nitrogen and oxygen atoms in total. The summed E-state index contributed by atoms with van der Waals surface area (Å²) < 4.78 is 42.8. The summed E-state index contributed by atoms with van der Waals surface area (Å²) in [6.45, 7) is 6.14. The second-order valence-electron chi connectivity index (χ2n) is 7.12. The molecule has 0 N–H and O–H groups in total. The predicted molar refractivity (Wildman–Crippen MR) is 117 cm³/mol. The van der Waals surface area contributed by atoms with E-state index in [4.69, 9.17) is 14.2 Å². The molecule has 0 saturated heterocycles. The highest BCUT2D eigenvalue weighted by Gasteiger charge is 2.22. The number of ether oxygens (including phenoxy) is 3. The lowest BCUT2D eigenvalue weighted by atomic mass is 10.0. The Balaban J connectivity index is 1.95. The van der Waals surface area contributed by atoms with Crippen LogP contribution < -0.4 is 9.47 Å². The second-order valence-corrected chi connectivity index (χ2v) is 7.12. The van der Waals surface area contributed by atoms with Gasteiger partial charge in [0.15, 0.2) is 0 Å². The third kappa shape index (κ3) is 8.13. The van der Waals surface area contributed by atoms with E-state index in [1.54, 1.807) is 31.2 Å². The number of benzene rings is 2. The molecule has 0 bridgehead atoms. The van der Waals surface area contributed by atoms with Gasteiger partial charge in [-0.1, -0.05) is 31.6 Å². The second kappa shape index (κ2) is 12.8. The Bertz CT molecular complexity index is 816. The molecule has 2 rings (SSSR count). The summed E-state index contributed by atoms with van der Waals surface area (Å²) in [5.74, 6) is -0.610. The van der Waals surface area contributed by atoms with Gasteiger partial charge in [-0.2, -0.15) is 0 Å². The minimum atomic E-state index is -2.54. The number of rotatable bonds is 12. The van der Waals surface area contributed by atoms with Crippen molar-refractivity contribution in [3.05, 3.63) is 71.8 Å². The molecule has 0 spiro atoms. The summed E-state index contributed by atoms with van der Waals surface area (Å²) in [4.78, 5) is 12.4. The molecule has 0 aromatic heterocycles. The summed E-state index contributed by atoms with van der Waals surface area (Å²) >= 11 is 0. The number of allylic oxidation sites excluding steroid dienone is 1. The fourth-order valence-corrected chi connectivity index (χ4v) is 2.89. The normalized spacial score (nSPS) is 13.4. The number of esters is 1. The van der Waals surface area contributed by atoms with Crippen LogP contribution in [0.3, 0.4) is 0 Å². The van der Waals surface area contributed by atoms with Crippen LogP contribution in [-0.2, 0) is 4.74 Å². The maximum atomic E-state index is 13.3. The molecular formula is C25H30F2O4. The molecule has 2 aromatic carbocycles. The van der Waals surface area contributed by atoms with Gasteiger partial charge >= 0.3 is 5.97 Å². The molecule has 2 aromatic rings. The lowest BCUT2D eigenvalue weighted by Gasteiger charge is -2.16. The summed E-state index contributed by atoms with van der Waals surface area (Å²) in [6, 6.07) is 12.8. The molecule has 0 aliphatic heterocycles. The van der Waals surface area contributed by atoms with E-state index in [0.717, 1.165) is 12.8 Å². The van der Waals surface area contributed by atoms with Crippen molar-refractivity contribution in [2.75, 3.05) is 13.2 Å². The fourth-order valence-electron chi connectivity index (χ4n) is 2.89. The van der Waals surface area contributed by atoms with E-state index in [-0.39, 0.29) is 18.5 Å². The van der Waals surface area contributed by atoms with E-state index in [1.807, 2.05) is 13.0 Å². The van der Waals surface area contributed by atoms with Gasteiger partial charge in [-0.25, -0.2) is 13.6 Å². The van der Waals surface area contributed by atoms with Gasteiger partial charge in [0, 0.05) is 6.61 Å². The van der Waals surface area contributed by atoms with Gasteiger partial charge in [0.05, 0.1) is 18.1 Å². The van der Waals surface area contributed by atoms with Gasteiger partial charge in [-0.05, 0) is 68.3 Å². The quantitative estimate of drug-likeness (QED) is 0.221. The van der Waals surface area contributed by atoms with Crippen LogP contribution in [0.1, 0.15) is 55.5 Å². The molecule has 0 aliphatic carbocycles. The molecule has 6 heteroatoms. The molecule has 2 atom stereocenters. The lowest BCUT2D eigenvalue weighted by molar-refractivity contribution is 0.0480. The lowest BCUT2D eigenvalue weighted by Crippen LogP contribution is -2.16. The fraction of sp³-hybridized carbons (Fsp3) is 0.400. The van der Waals surface area contributed by atoms with Crippen molar-refractivity contribution in [2.45, 2.75) is 52.1 Å². The zero-order valence-electron chi connectivity index (χ0n) is 18.2. The zero-order chi connectivity index (χ0) is 22.6. The molecule has 0 radical (unpaired) electrons. The average Bonchev–Trinajstić information content (AvgIpc) is 2.75. The molecule has 0 unspecified atom stereocenters. The van der Waals surface area contributed by atoms with Crippen molar-refractivity contribution in [1.82, 2.24) is 0 Å². The highest BCUT2D eigenvalue weighted by Crippen LogP contribution is 2.26. The van der Waals surface area contributed by atoms with Gasteiger partial charge in [0.2, 0.25) is 6.43 Å². The maximum Gasteiger partial charge on any atom is 0.343 e. The molecule has 168 valence electrons. The summed E-state index contributed by atoms with van der Waals surface area (Å²) in [5, 5.41) is 0. The minimum absolute atomic E-state index is 0.0608. The Morgan fingerprint density at radius 2 is 1.65 bits per heavy atom. The SMILES string of the molecule is CCC/C=C\[C@H](C)Oc1ccc(C(=O)Oc2ccc([C@H](COCC)C(F)F)cc2)cc1. The minimum Gasteiger partial charge on any atom is -0.487 e. The standard InChI is InChI=1S/C25H30F2O4/c1-4-6-7-8-18(3)30-21-15-11-20(12-16-21)25(28)31-22-13-9-19(10-14-22)23(24(26)27)17-29-5-2/h7-16,18,23-24H,4-6,17H2,1-3H3/b8-7-/t18-,23-/m0/s1.